The van der Waals surface area contributed by atoms with Gasteiger partial charge in [-0.3, -0.25) is 0 Å². The molecule has 1 N–H and O–H groups in total. The van der Waals surface area contributed by atoms with E-state index < -0.39 is 0 Å². The molecule has 0 aromatic heterocycles. The molecule has 0 spiro atoms. The van der Waals surface area contributed by atoms with Crippen LogP contribution in [0.4, 0.5) is 0 Å². The fourth-order valence-electron chi connectivity index (χ4n) is 2.09. The predicted molar refractivity (Wildman–Crippen MR) is 77.8 cm³/mol. The Morgan fingerprint density at radius 1 is 1.35 bits per heavy atom. The quantitative estimate of drug-likeness (QED) is 0.648. The van der Waals surface area contributed by atoms with E-state index in [1.807, 2.05) is 6.20 Å². The van der Waals surface area contributed by atoms with Gasteiger partial charge < -0.3 is 10.2 Å². The number of hydrogen-bond donors (Lipinski definition) is 1. The largest absolute Gasteiger partial charge is 0.389 e. The van der Waals surface area contributed by atoms with Crippen molar-refractivity contribution in [2.24, 2.45) is 5.92 Å². The summed E-state index contributed by atoms with van der Waals surface area (Å²) in [6.07, 6.45) is 4.18. The molecular weight excluding hydrogens is 208 g/mol. The lowest BCUT2D eigenvalue weighted by atomic mass is 9.92. The summed E-state index contributed by atoms with van der Waals surface area (Å²) in [6, 6.07) is 0.392. The summed E-state index contributed by atoms with van der Waals surface area (Å²) in [4.78, 5) is 2.25. The molecule has 2 heteroatoms. The highest BCUT2D eigenvalue weighted by atomic mass is 15.1. The Morgan fingerprint density at radius 2 is 1.94 bits per heavy atom. The summed E-state index contributed by atoms with van der Waals surface area (Å²) in [5, 5.41) is 3.34. The molecule has 0 fully saturated rings. The van der Waals surface area contributed by atoms with Crippen LogP contribution in [0.25, 0.3) is 0 Å². The van der Waals surface area contributed by atoms with Crippen molar-refractivity contribution in [1.82, 2.24) is 10.2 Å². The zero-order chi connectivity index (χ0) is 13.4. The summed E-state index contributed by atoms with van der Waals surface area (Å²) >= 11 is 0. The van der Waals surface area contributed by atoms with Crippen LogP contribution >= 0.6 is 0 Å². The van der Waals surface area contributed by atoms with Gasteiger partial charge in [-0.15, -0.1) is 0 Å². The summed E-state index contributed by atoms with van der Waals surface area (Å²) < 4.78 is 0. The van der Waals surface area contributed by atoms with Crippen molar-refractivity contribution >= 4 is 0 Å². The van der Waals surface area contributed by atoms with Gasteiger partial charge in [0, 0.05) is 30.7 Å². The first-order valence-corrected chi connectivity index (χ1v) is 6.43. The molecule has 17 heavy (non-hydrogen) atoms. The van der Waals surface area contributed by atoms with Crippen LogP contribution in [0.3, 0.4) is 0 Å². The van der Waals surface area contributed by atoms with E-state index in [2.05, 4.69) is 64.1 Å². The number of nitrogens with one attached hydrogen (secondary N) is 1. The maximum Gasteiger partial charge on any atom is 0.0356 e. The standard InChI is InChI=1S/C15H28N2/c1-8-16-13(6)11-15(12(4)5)14(7)17(9-2)10-3/h9,11,14-16H,2,4,8,10H2,1,3,5-7H3/b13-11-. The number of hydrogen-bond acceptors (Lipinski definition) is 2. The molecule has 0 bridgehead atoms. The Kier molecular flexibility index (Phi) is 7.44. The fraction of sp³-hybridized carbons (Fsp3) is 0.600. The third kappa shape index (κ3) is 5.12. The predicted octanol–water partition coefficient (Wildman–Crippen LogP) is 3.55. The van der Waals surface area contributed by atoms with Crippen LogP contribution in [0.2, 0.25) is 0 Å². The topological polar surface area (TPSA) is 15.3 Å². The highest BCUT2D eigenvalue weighted by molar-refractivity contribution is 5.14. The first-order chi connectivity index (χ1) is 7.97. The molecule has 2 nitrogen and oxygen atoms in total. The average Bonchev–Trinajstić information content (AvgIpc) is 2.27. The normalized spacial score (nSPS) is 15.0. The van der Waals surface area contributed by atoms with Crippen molar-refractivity contribution in [3.8, 4) is 0 Å². The van der Waals surface area contributed by atoms with Crippen LogP contribution in [0.1, 0.15) is 34.6 Å². The highest BCUT2D eigenvalue weighted by Crippen LogP contribution is 2.21. The van der Waals surface area contributed by atoms with Gasteiger partial charge in [-0.1, -0.05) is 24.8 Å². The molecule has 0 radical (unpaired) electrons. The van der Waals surface area contributed by atoms with Crippen molar-refractivity contribution in [1.29, 1.82) is 0 Å². The van der Waals surface area contributed by atoms with E-state index in [4.69, 9.17) is 0 Å². The number of allylic oxidation sites excluding steroid dienone is 1. The van der Waals surface area contributed by atoms with Gasteiger partial charge in [0.05, 0.1) is 0 Å². The second-order valence-corrected chi connectivity index (χ2v) is 4.51. The smallest absolute Gasteiger partial charge is 0.0356 e. The van der Waals surface area contributed by atoms with Crippen LogP contribution in [0.5, 0.6) is 0 Å². The molecule has 0 saturated carbocycles. The van der Waals surface area contributed by atoms with Gasteiger partial charge >= 0.3 is 0 Å². The Morgan fingerprint density at radius 3 is 2.29 bits per heavy atom. The Bertz CT molecular complexity index is 279. The molecular formula is C15H28N2. The SMILES string of the molecule is C=CN(CC)C(C)C(/C=C(/C)NCC)C(=C)C. The van der Waals surface area contributed by atoms with Crippen molar-refractivity contribution in [2.75, 3.05) is 13.1 Å². The first-order valence-electron chi connectivity index (χ1n) is 6.43. The monoisotopic (exact) mass is 236 g/mol. The minimum atomic E-state index is 0.354. The molecule has 0 aliphatic heterocycles. The second-order valence-electron chi connectivity index (χ2n) is 4.51. The van der Waals surface area contributed by atoms with Crippen molar-refractivity contribution < 1.29 is 0 Å². The minimum absolute atomic E-state index is 0.354. The van der Waals surface area contributed by atoms with Crippen LogP contribution in [0.15, 0.2) is 36.7 Å². The second kappa shape index (κ2) is 7.99. The molecule has 0 amide bonds. The van der Waals surface area contributed by atoms with Gasteiger partial charge in [0.2, 0.25) is 0 Å². The lowest BCUT2D eigenvalue weighted by molar-refractivity contribution is 0.271. The molecule has 0 aliphatic rings. The molecule has 0 saturated heterocycles. The molecule has 0 aromatic carbocycles. The summed E-state index contributed by atoms with van der Waals surface area (Å²) in [5.74, 6) is 0.354. The van der Waals surface area contributed by atoms with Gasteiger partial charge in [0.1, 0.15) is 0 Å². The molecule has 0 aromatic rings. The van der Waals surface area contributed by atoms with E-state index in [1.54, 1.807) is 0 Å². The maximum atomic E-state index is 4.11. The third-order valence-electron chi connectivity index (χ3n) is 3.10. The van der Waals surface area contributed by atoms with E-state index in [9.17, 15) is 0 Å². The highest BCUT2D eigenvalue weighted by Gasteiger charge is 2.19. The van der Waals surface area contributed by atoms with Gasteiger partial charge in [-0.2, -0.15) is 0 Å². The van der Waals surface area contributed by atoms with Crippen LogP contribution in [-0.2, 0) is 0 Å². The van der Waals surface area contributed by atoms with Gasteiger partial charge in [-0.05, 0) is 40.8 Å². The number of rotatable bonds is 8. The van der Waals surface area contributed by atoms with Crippen LogP contribution < -0.4 is 5.32 Å². The molecule has 2 unspecified atom stereocenters. The van der Waals surface area contributed by atoms with E-state index in [1.165, 1.54) is 11.3 Å². The van der Waals surface area contributed by atoms with Crippen molar-refractivity contribution in [3.63, 3.8) is 0 Å². The summed E-state index contributed by atoms with van der Waals surface area (Å²) in [6.45, 7) is 20.6. The van der Waals surface area contributed by atoms with Gasteiger partial charge in [0.25, 0.3) is 0 Å². The minimum Gasteiger partial charge on any atom is -0.389 e. The molecule has 0 rings (SSSR count). The zero-order valence-electron chi connectivity index (χ0n) is 12.1. The van der Waals surface area contributed by atoms with Crippen molar-refractivity contribution in [2.45, 2.75) is 40.7 Å². The van der Waals surface area contributed by atoms with E-state index in [-0.39, 0.29) is 0 Å². The maximum absolute atomic E-state index is 4.11. The van der Waals surface area contributed by atoms with Gasteiger partial charge in [0.15, 0.2) is 0 Å². The Hall–Kier alpha value is -1.18. The van der Waals surface area contributed by atoms with Crippen LogP contribution in [0, 0.1) is 5.92 Å². The molecule has 2 atom stereocenters. The summed E-state index contributed by atoms with van der Waals surface area (Å²) in [5.41, 5.74) is 2.41. The average molecular weight is 236 g/mol. The summed E-state index contributed by atoms with van der Waals surface area (Å²) in [7, 11) is 0. The molecule has 98 valence electrons. The van der Waals surface area contributed by atoms with E-state index in [0.717, 1.165) is 13.1 Å². The van der Waals surface area contributed by atoms with E-state index in [0.29, 0.717) is 12.0 Å². The van der Waals surface area contributed by atoms with Crippen LogP contribution in [-0.4, -0.2) is 24.0 Å². The van der Waals surface area contributed by atoms with Gasteiger partial charge in [-0.25, -0.2) is 0 Å². The van der Waals surface area contributed by atoms with E-state index >= 15 is 0 Å². The fourth-order valence-corrected chi connectivity index (χ4v) is 2.09. The zero-order valence-corrected chi connectivity index (χ0v) is 12.1. The molecule has 0 heterocycles. The lowest BCUT2D eigenvalue weighted by Gasteiger charge is -2.32. The van der Waals surface area contributed by atoms with Crippen molar-refractivity contribution in [3.05, 3.63) is 36.7 Å². The first kappa shape index (κ1) is 15.8. The number of nitrogens with zero attached hydrogens (tertiary/aromatic N) is 1. The Balaban J connectivity index is 4.90. The molecule has 0 aliphatic carbocycles. The third-order valence-corrected chi connectivity index (χ3v) is 3.10. The Labute approximate surface area is 107 Å². The lowest BCUT2D eigenvalue weighted by Crippen LogP contribution is -2.34.